The summed E-state index contributed by atoms with van der Waals surface area (Å²) in [7, 11) is 0. The minimum atomic E-state index is -1.15. The molecule has 1 N–H and O–H groups in total. The van der Waals surface area contributed by atoms with E-state index in [1.165, 1.54) is 0 Å². The van der Waals surface area contributed by atoms with Crippen molar-refractivity contribution in [2.75, 3.05) is 0 Å². The van der Waals surface area contributed by atoms with Gasteiger partial charge < -0.3 is 14.6 Å². The number of benzene rings is 2. The van der Waals surface area contributed by atoms with E-state index in [1.54, 1.807) is 41.0 Å². The molecule has 2 aromatic carbocycles. The van der Waals surface area contributed by atoms with Gasteiger partial charge in [0.25, 0.3) is 5.91 Å². The first kappa shape index (κ1) is 20.8. The maximum absolute atomic E-state index is 13.6. The van der Waals surface area contributed by atoms with Crippen molar-refractivity contribution in [2.45, 2.75) is 32.1 Å². The Labute approximate surface area is 191 Å². The van der Waals surface area contributed by atoms with Crippen LogP contribution in [0.5, 0.6) is 0 Å². The normalized spacial score (nSPS) is 17.6. The Hall–Kier alpha value is -4.13. The lowest BCUT2D eigenvalue weighted by molar-refractivity contribution is -0.133. The number of aromatic nitrogens is 2. The average Bonchev–Trinajstić information content (AvgIpc) is 3.51. The zero-order valence-electron chi connectivity index (χ0n) is 18.3. The van der Waals surface area contributed by atoms with Crippen molar-refractivity contribution in [1.82, 2.24) is 20.0 Å². The Morgan fingerprint density at radius 1 is 1.06 bits per heavy atom. The molecule has 0 radical (unpaired) electrons. The molecule has 0 fully saturated rings. The van der Waals surface area contributed by atoms with Crippen molar-refractivity contribution in [1.29, 1.82) is 0 Å². The Balaban J connectivity index is 1.49. The SMILES string of the molecule is CC1(C(=O)NCc2ccccc2)Cn2nc(-c3ccccc3)cc2C(=O)N1Cc1ccco1. The van der Waals surface area contributed by atoms with Gasteiger partial charge in [-0.15, -0.1) is 0 Å². The number of rotatable bonds is 6. The van der Waals surface area contributed by atoms with Crippen LogP contribution in [-0.2, 0) is 24.4 Å². The van der Waals surface area contributed by atoms with Gasteiger partial charge in [-0.05, 0) is 30.7 Å². The largest absolute Gasteiger partial charge is 0.467 e. The van der Waals surface area contributed by atoms with Crippen molar-refractivity contribution < 1.29 is 14.0 Å². The first-order valence-electron chi connectivity index (χ1n) is 10.8. The Bertz CT molecular complexity index is 1270. The lowest BCUT2D eigenvalue weighted by Gasteiger charge is -2.42. The third-order valence-electron chi connectivity index (χ3n) is 6.05. The van der Waals surface area contributed by atoms with E-state index in [0.29, 0.717) is 23.7 Å². The van der Waals surface area contributed by atoms with Crippen LogP contribution in [-0.4, -0.2) is 32.0 Å². The fourth-order valence-electron chi connectivity index (χ4n) is 4.17. The van der Waals surface area contributed by atoms with Crippen LogP contribution in [0.4, 0.5) is 0 Å². The van der Waals surface area contributed by atoms with Crippen molar-refractivity contribution in [2.24, 2.45) is 0 Å². The molecule has 1 aliphatic rings. The first-order chi connectivity index (χ1) is 16.0. The van der Waals surface area contributed by atoms with Gasteiger partial charge in [0.2, 0.25) is 5.91 Å². The number of amides is 2. The quantitative estimate of drug-likeness (QED) is 0.494. The van der Waals surface area contributed by atoms with Crippen LogP contribution in [0.1, 0.15) is 28.7 Å². The predicted octanol–water partition coefficient (Wildman–Crippen LogP) is 3.87. The standard InChI is InChI=1S/C26H24N4O3/c1-26(25(32)27-16-19-9-4-2-5-10-19)18-30-23(15-22(28-30)20-11-6-3-7-12-20)24(31)29(26)17-21-13-8-14-33-21/h2-15H,16-18H2,1H3,(H,27,32). The average molecular weight is 441 g/mol. The maximum atomic E-state index is 13.6. The van der Waals surface area contributed by atoms with Crippen LogP contribution in [0.3, 0.4) is 0 Å². The fraction of sp³-hybridized carbons (Fsp3) is 0.192. The maximum Gasteiger partial charge on any atom is 0.273 e. The van der Waals surface area contributed by atoms with Crippen LogP contribution in [0.15, 0.2) is 89.5 Å². The predicted molar refractivity (Wildman–Crippen MR) is 123 cm³/mol. The topological polar surface area (TPSA) is 80.4 Å². The number of nitrogens with zero attached hydrogens (tertiary/aromatic N) is 3. The van der Waals surface area contributed by atoms with E-state index in [0.717, 1.165) is 11.1 Å². The van der Waals surface area contributed by atoms with Crippen molar-refractivity contribution >= 4 is 11.8 Å². The minimum Gasteiger partial charge on any atom is -0.467 e. The molecule has 33 heavy (non-hydrogen) atoms. The summed E-state index contributed by atoms with van der Waals surface area (Å²) in [5.41, 5.74) is 1.91. The summed E-state index contributed by atoms with van der Waals surface area (Å²) < 4.78 is 7.15. The molecular formula is C26H24N4O3. The molecule has 2 aromatic heterocycles. The van der Waals surface area contributed by atoms with E-state index >= 15 is 0 Å². The third kappa shape index (κ3) is 3.93. The fourth-order valence-corrected chi connectivity index (χ4v) is 4.17. The monoisotopic (exact) mass is 440 g/mol. The molecule has 5 rings (SSSR count). The molecule has 0 aliphatic carbocycles. The summed E-state index contributed by atoms with van der Waals surface area (Å²) >= 11 is 0. The number of furan rings is 1. The molecule has 7 heteroatoms. The van der Waals surface area contributed by atoms with E-state index in [9.17, 15) is 9.59 Å². The number of hydrogen-bond donors (Lipinski definition) is 1. The van der Waals surface area contributed by atoms with Gasteiger partial charge in [-0.1, -0.05) is 60.7 Å². The zero-order valence-corrected chi connectivity index (χ0v) is 18.3. The lowest BCUT2D eigenvalue weighted by Crippen LogP contribution is -2.63. The molecule has 1 atom stereocenters. The second-order valence-electron chi connectivity index (χ2n) is 8.35. The van der Waals surface area contributed by atoms with Crippen LogP contribution in [0.2, 0.25) is 0 Å². The van der Waals surface area contributed by atoms with E-state index in [2.05, 4.69) is 10.4 Å². The molecule has 3 heterocycles. The van der Waals surface area contributed by atoms with Gasteiger partial charge in [0.05, 0.1) is 25.0 Å². The van der Waals surface area contributed by atoms with Crippen LogP contribution in [0, 0.1) is 0 Å². The van der Waals surface area contributed by atoms with E-state index in [4.69, 9.17) is 4.42 Å². The highest BCUT2D eigenvalue weighted by molar-refractivity contribution is 6.00. The van der Waals surface area contributed by atoms with E-state index in [1.807, 2.05) is 60.7 Å². The molecule has 0 saturated carbocycles. The lowest BCUT2D eigenvalue weighted by atomic mass is 9.94. The minimum absolute atomic E-state index is 0.187. The summed E-state index contributed by atoms with van der Waals surface area (Å²) in [6.45, 7) is 2.58. The number of hydrogen-bond acceptors (Lipinski definition) is 4. The summed E-state index contributed by atoms with van der Waals surface area (Å²) in [6.07, 6.45) is 1.56. The van der Waals surface area contributed by atoms with Crippen LogP contribution < -0.4 is 5.32 Å². The van der Waals surface area contributed by atoms with E-state index < -0.39 is 5.54 Å². The molecule has 0 saturated heterocycles. The summed E-state index contributed by atoms with van der Waals surface area (Å²) in [5.74, 6) is 0.111. The van der Waals surface area contributed by atoms with Gasteiger partial charge in [0, 0.05) is 12.1 Å². The van der Waals surface area contributed by atoms with E-state index in [-0.39, 0.29) is 24.9 Å². The summed E-state index contributed by atoms with van der Waals surface area (Å²) in [4.78, 5) is 28.7. The summed E-state index contributed by atoms with van der Waals surface area (Å²) in [5, 5.41) is 7.67. The first-order valence-corrected chi connectivity index (χ1v) is 10.8. The van der Waals surface area contributed by atoms with Gasteiger partial charge >= 0.3 is 0 Å². The molecule has 4 aromatic rings. The van der Waals surface area contributed by atoms with Gasteiger partial charge in [0.1, 0.15) is 17.0 Å². The molecule has 1 unspecified atom stereocenters. The second kappa shape index (κ2) is 8.43. The number of fused-ring (bicyclic) bond motifs is 1. The smallest absolute Gasteiger partial charge is 0.273 e. The Morgan fingerprint density at radius 2 is 1.79 bits per heavy atom. The molecule has 166 valence electrons. The van der Waals surface area contributed by atoms with Gasteiger partial charge in [-0.25, -0.2) is 0 Å². The van der Waals surface area contributed by atoms with Gasteiger partial charge in [-0.2, -0.15) is 5.10 Å². The number of nitrogens with one attached hydrogen (secondary N) is 1. The van der Waals surface area contributed by atoms with Crippen LogP contribution in [0.25, 0.3) is 11.3 Å². The zero-order chi connectivity index (χ0) is 22.8. The van der Waals surface area contributed by atoms with Crippen molar-refractivity contribution in [3.63, 3.8) is 0 Å². The molecule has 7 nitrogen and oxygen atoms in total. The Kier molecular flexibility index (Phi) is 5.30. The van der Waals surface area contributed by atoms with Crippen molar-refractivity contribution in [3.8, 4) is 11.3 Å². The molecule has 0 spiro atoms. The van der Waals surface area contributed by atoms with Gasteiger partial charge in [-0.3, -0.25) is 14.3 Å². The highest BCUT2D eigenvalue weighted by atomic mass is 16.3. The van der Waals surface area contributed by atoms with Gasteiger partial charge in [0.15, 0.2) is 0 Å². The highest BCUT2D eigenvalue weighted by Gasteiger charge is 2.48. The molecule has 1 aliphatic heterocycles. The summed E-state index contributed by atoms with van der Waals surface area (Å²) in [6, 6.07) is 24.7. The molecular weight excluding hydrogens is 416 g/mol. The Morgan fingerprint density at radius 3 is 2.48 bits per heavy atom. The molecule has 0 bridgehead atoms. The second-order valence-corrected chi connectivity index (χ2v) is 8.35. The highest BCUT2D eigenvalue weighted by Crippen LogP contribution is 2.31. The molecule has 2 amide bonds. The number of carbonyl (C=O) groups is 2. The third-order valence-corrected chi connectivity index (χ3v) is 6.05. The number of carbonyl (C=O) groups excluding carboxylic acids is 2. The van der Waals surface area contributed by atoms with Crippen LogP contribution >= 0.6 is 0 Å². The van der Waals surface area contributed by atoms with Crippen molar-refractivity contribution in [3.05, 3.63) is 102 Å².